The molecule has 1 amide bonds. The highest BCUT2D eigenvalue weighted by atomic mass is 79.9. The second kappa shape index (κ2) is 6.26. The van der Waals surface area contributed by atoms with Crippen molar-refractivity contribution in [3.8, 4) is 0 Å². The number of hydrogen-bond acceptors (Lipinski definition) is 4. The summed E-state index contributed by atoms with van der Waals surface area (Å²) in [6, 6.07) is 3.61. The summed E-state index contributed by atoms with van der Waals surface area (Å²) in [5, 5.41) is 2.78. The van der Waals surface area contributed by atoms with Gasteiger partial charge in [-0.2, -0.15) is 0 Å². The molecule has 98 valence electrons. The van der Waals surface area contributed by atoms with E-state index in [4.69, 9.17) is 4.74 Å². The highest BCUT2D eigenvalue weighted by Gasteiger charge is 2.18. The molecule has 1 aliphatic heterocycles. The van der Waals surface area contributed by atoms with Crippen molar-refractivity contribution in [1.82, 2.24) is 9.88 Å². The Morgan fingerprint density at radius 2 is 2.50 bits per heavy atom. The summed E-state index contributed by atoms with van der Waals surface area (Å²) in [7, 11) is 0. The average Bonchev–Trinajstić information content (AvgIpc) is 2.32. The van der Waals surface area contributed by atoms with Gasteiger partial charge in [0.2, 0.25) is 5.91 Å². The molecule has 0 aliphatic carbocycles. The Labute approximate surface area is 115 Å². The van der Waals surface area contributed by atoms with E-state index in [-0.39, 0.29) is 12.0 Å². The molecule has 1 N–H and O–H groups in total. The molecule has 0 radical (unpaired) electrons. The van der Waals surface area contributed by atoms with Crippen molar-refractivity contribution in [1.29, 1.82) is 0 Å². The minimum atomic E-state index is -0.0427. The number of carbonyl (C=O) groups excluding carboxylic acids is 1. The molecule has 1 aromatic heterocycles. The summed E-state index contributed by atoms with van der Waals surface area (Å²) < 4.78 is 6.32. The Bertz CT molecular complexity index is 410. The molecule has 18 heavy (non-hydrogen) atoms. The third-order valence-corrected chi connectivity index (χ3v) is 3.16. The smallest absolute Gasteiger partial charge is 0.239 e. The largest absolute Gasteiger partial charge is 0.376 e. The van der Waals surface area contributed by atoms with E-state index in [0.717, 1.165) is 17.6 Å². The van der Waals surface area contributed by atoms with E-state index in [9.17, 15) is 4.79 Å². The van der Waals surface area contributed by atoms with E-state index < -0.39 is 0 Å². The van der Waals surface area contributed by atoms with E-state index in [1.165, 1.54) is 0 Å². The number of hydrogen-bond donors (Lipinski definition) is 1. The van der Waals surface area contributed by atoms with E-state index >= 15 is 0 Å². The van der Waals surface area contributed by atoms with Crippen molar-refractivity contribution < 1.29 is 9.53 Å². The molecule has 6 heteroatoms. The fourth-order valence-electron chi connectivity index (χ4n) is 1.87. The van der Waals surface area contributed by atoms with Gasteiger partial charge in [0.05, 0.1) is 19.3 Å². The number of nitrogens with one attached hydrogen (secondary N) is 1. The summed E-state index contributed by atoms with van der Waals surface area (Å²) in [5.41, 5.74) is 0. The van der Waals surface area contributed by atoms with Crippen LogP contribution < -0.4 is 5.32 Å². The Hall–Kier alpha value is -0.980. The van der Waals surface area contributed by atoms with Gasteiger partial charge in [0.25, 0.3) is 0 Å². The number of halogens is 1. The second-order valence-corrected chi connectivity index (χ2v) is 5.24. The Balaban J connectivity index is 1.83. The average molecular weight is 314 g/mol. The van der Waals surface area contributed by atoms with Crippen LogP contribution in [0.5, 0.6) is 0 Å². The summed E-state index contributed by atoms with van der Waals surface area (Å²) in [6.07, 6.45) is 1.85. The molecular weight excluding hydrogens is 298 g/mol. The van der Waals surface area contributed by atoms with Gasteiger partial charge in [-0.25, -0.2) is 4.98 Å². The van der Waals surface area contributed by atoms with Crippen molar-refractivity contribution >= 4 is 27.7 Å². The summed E-state index contributed by atoms with van der Waals surface area (Å²) in [6.45, 7) is 4.67. The van der Waals surface area contributed by atoms with Crippen LogP contribution >= 0.6 is 15.9 Å². The van der Waals surface area contributed by atoms with Crippen LogP contribution in [0.4, 0.5) is 5.82 Å². The van der Waals surface area contributed by atoms with Gasteiger partial charge in [0.15, 0.2) is 0 Å². The molecule has 0 aromatic carbocycles. The summed E-state index contributed by atoms with van der Waals surface area (Å²) >= 11 is 3.30. The lowest BCUT2D eigenvalue weighted by Crippen LogP contribution is -2.44. The van der Waals surface area contributed by atoms with Crippen LogP contribution in [0.2, 0.25) is 0 Å². The molecule has 0 bridgehead atoms. The van der Waals surface area contributed by atoms with Crippen molar-refractivity contribution in [2.75, 3.05) is 31.6 Å². The third-order valence-electron chi connectivity index (χ3n) is 2.69. The molecule has 0 saturated carbocycles. The van der Waals surface area contributed by atoms with E-state index in [2.05, 4.69) is 31.1 Å². The standard InChI is InChI=1S/C12H16BrN3O2/c1-9-7-16(4-5-18-9)8-12(17)15-11-3-2-10(13)6-14-11/h2-3,6,9H,4-5,7-8H2,1H3,(H,14,15,17)/t9-/m0/s1. The lowest BCUT2D eigenvalue weighted by atomic mass is 10.3. The quantitative estimate of drug-likeness (QED) is 0.919. The molecule has 2 heterocycles. The zero-order valence-electron chi connectivity index (χ0n) is 10.2. The number of nitrogens with zero attached hydrogens (tertiary/aromatic N) is 2. The number of ether oxygens (including phenoxy) is 1. The predicted octanol–water partition coefficient (Wildman–Crippen LogP) is 1.50. The van der Waals surface area contributed by atoms with Gasteiger partial charge in [0.1, 0.15) is 5.82 Å². The zero-order valence-corrected chi connectivity index (χ0v) is 11.8. The third kappa shape index (κ3) is 4.04. The van der Waals surface area contributed by atoms with Gasteiger partial charge in [-0.05, 0) is 35.0 Å². The SMILES string of the molecule is C[C@H]1CN(CC(=O)Nc2ccc(Br)cn2)CCO1. The maximum Gasteiger partial charge on any atom is 0.239 e. The number of rotatable bonds is 3. The summed E-state index contributed by atoms with van der Waals surface area (Å²) in [5.74, 6) is 0.531. The molecule has 0 spiro atoms. The van der Waals surface area contributed by atoms with Gasteiger partial charge < -0.3 is 10.1 Å². The summed E-state index contributed by atoms with van der Waals surface area (Å²) in [4.78, 5) is 18.0. The zero-order chi connectivity index (χ0) is 13.0. The Kier molecular flexibility index (Phi) is 4.68. The normalized spacial score (nSPS) is 20.7. The minimum absolute atomic E-state index is 0.0427. The van der Waals surface area contributed by atoms with Crippen LogP contribution in [-0.2, 0) is 9.53 Å². The van der Waals surface area contributed by atoms with Gasteiger partial charge >= 0.3 is 0 Å². The van der Waals surface area contributed by atoms with Gasteiger partial charge in [-0.15, -0.1) is 0 Å². The van der Waals surface area contributed by atoms with Crippen molar-refractivity contribution in [3.05, 3.63) is 22.8 Å². The van der Waals surface area contributed by atoms with Crippen LogP contribution in [0.3, 0.4) is 0 Å². The first-order chi connectivity index (χ1) is 8.63. The van der Waals surface area contributed by atoms with E-state index in [1.54, 1.807) is 12.3 Å². The number of carbonyl (C=O) groups is 1. The van der Waals surface area contributed by atoms with Crippen LogP contribution in [0, 0.1) is 0 Å². The van der Waals surface area contributed by atoms with Crippen LogP contribution in [0.1, 0.15) is 6.92 Å². The fraction of sp³-hybridized carbons (Fsp3) is 0.500. The number of amides is 1. The monoisotopic (exact) mass is 313 g/mol. The predicted molar refractivity (Wildman–Crippen MR) is 72.4 cm³/mol. The van der Waals surface area contributed by atoms with Crippen molar-refractivity contribution in [2.24, 2.45) is 0 Å². The molecule has 1 fully saturated rings. The van der Waals surface area contributed by atoms with Gasteiger partial charge in [-0.1, -0.05) is 0 Å². The molecular formula is C12H16BrN3O2. The van der Waals surface area contributed by atoms with E-state index in [1.807, 2.05) is 13.0 Å². The maximum absolute atomic E-state index is 11.8. The van der Waals surface area contributed by atoms with Crippen LogP contribution in [0.25, 0.3) is 0 Å². The molecule has 2 rings (SSSR count). The number of pyridine rings is 1. The lowest BCUT2D eigenvalue weighted by molar-refractivity contribution is -0.119. The number of morpholine rings is 1. The van der Waals surface area contributed by atoms with E-state index in [0.29, 0.717) is 19.0 Å². The second-order valence-electron chi connectivity index (χ2n) is 4.33. The first-order valence-corrected chi connectivity index (χ1v) is 6.68. The molecule has 1 atom stereocenters. The van der Waals surface area contributed by atoms with Crippen LogP contribution in [0.15, 0.2) is 22.8 Å². The lowest BCUT2D eigenvalue weighted by Gasteiger charge is -2.30. The topological polar surface area (TPSA) is 54.5 Å². The van der Waals surface area contributed by atoms with Crippen molar-refractivity contribution in [3.63, 3.8) is 0 Å². The molecule has 1 saturated heterocycles. The number of aromatic nitrogens is 1. The maximum atomic E-state index is 11.8. The molecule has 1 aliphatic rings. The van der Waals surface area contributed by atoms with Gasteiger partial charge in [0, 0.05) is 23.8 Å². The Morgan fingerprint density at radius 1 is 1.67 bits per heavy atom. The van der Waals surface area contributed by atoms with Crippen molar-refractivity contribution in [2.45, 2.75) is 13.0 Å². The number of anilines is 1. The molecule has 5 nitrogen and oxygen atoms in total. The highest BCUT2D eigenvalue weighted by Crippen LogP contribution is 2.10. The highest BCUT2D eigenvalue weighted by molar-refractivity contribution is 9.10. The van der Waals surface area contributed by atoms with Crippen LogP contribution in [-0.4, -0.2) is 48.1 Å². The first-order valence-electron chi connectivity index (χ1n) is 5.89. The van der Waals surface area contributed by atoms with Gasteiger partial charge in [-0.3, -0.25) is 9.69 Å². The molecule has 0 unspecified atom stereocenters. The fourth-order valence-corrected chi connectivity index (χ4v) is 2.10. The molecule has 1 aromatic rings. The minimum Gasteiger partial charge on any atom is -0.376 e. The Morgan fingerprint density at radius 3 is 3.17 bits per heavy atom. The first kappa shape index (κ1) is 13.5.